The minimum Gasteiger partial charge on any atom is -0.494 e. The largest absolute Gasteiger partial charge is 0.494 e. The van der Waals surface area contributed by atoms with E-state index in [0.29, 0.717) is 27.2 Å². The van der Waals surface area contributed by atoms with Crippen molar-refractivity contribution in [2.75, 3.05) is 31.2 Å². The molecule has 3 aromatic carbocycles. The lowest BCUT2D eigenvalue weighted by Gasteiger charge is -2.26. The van der Waals surface area contributed by atoms with E-state index < -0.39 is 12.0 Å². The number of rotatable bonds is 8. The molecule has 0 aliphatic carbocycles. The molecule has 214 valence electrons. The van der Waals surface area contributed by atoms with Crippen LogP contribution in [0.1, 0.15) is 49.4 Å². The molecule has 0 bridgehead atoms. The molecule has 1 atom stereocenters. The molecule has 42 heavy (non-hydrogen) atoms. The zero-order valence-electron chi connectivity index (χ0n) is 23.8. The number of hydrogen-bond acceptors (Lipinski definition) is 7. The van der Waals surface area contributed by atoms with Crippen LogP contribution in [0, 0.1) is 0 Å². The van der Waals surface area contributed by atoms with Crippen LogP contribution >= 0.6 is 11.3 Å². The number of fused-ring (bicyclic) bond motifs is 1. The SMILES string of the molecule is CCOC(=O)C1=C(c2ccccc2)N=c2s/c(=C\c3ccc(N4CCCC4)cc3)c(=O)n2[C@H]1c1ccc(OCC)cc1. The van der Waals surface area contributed by atoms with Gasteiger partial charge in [0.15, 0.2) is 4.80 Å². The maximum absolute atomic E-state index is 14.1. The van der Waals surface area contributed by atoms with Crippen LogP contribution in [0.4, 0.5) is 5.69 Å². The molecular weight excluding hydrogens is 546 g/mol. The molecule has 8 heteroatoms. The highest BCUT2D eigenvalue weighted by atomic mass is 32.1. The van der Waals surface area contributed by atoms with Gasteiger partial charge in [0, 0.05) is 24.3 Å². The van der Waals surface area contributed by atoms with Crippen LogP contribution in [-0.4, -0.2) is 36.8 Å². The van der Waals surface area contributed by atoms with Crippen LogP contribution in [0.25, 0.3) is 11.8 Å². The van der Waals surface area contributed by atoms with Gasteiger partial charge in [0.25, 0.3) is 5.56 Å². The van der Waals surface area contributed by atoms with Crippen molar-refractivity contribution in [3.8, 4) is 5.75 Å². The number of anilines is 1. The highest BCUT2D eigenvalue weighted by molar-refractivity contribution is 7.07. The predicted molar refractivity (Wildman–Crippen MR) is 167 cm³/mol. The van der Waals surface area contributed by atoms with Crippen molar-refractivity contribution >= 4 is 34.8 Å². The summed E-state index contributed by atoms with van der Waals surface area (Å²) in [6.07, 6.45) is 4.34. The van der Waals surface area contributed by atoms with Gasteiger partial charge in [-0.1, -0.05) is 65.9 Å². The Morgan fingerprint density at radius 2 is 1.67 bits per heavy atom. The predicted octanol–water partition coefficient (Wildman–Crippen LogP) is 4.93. The second kappa shape index (κ2) is 12.2. The second-order valence-corrected chi connectivity index (χ2v) is 11.2. The molecule has 0 unspecified atom stereocenters. The van der Waals surface area contributed by atoms with Crippen LogP contribution in [-0.2, 0) is 9.53 Å². The minimum atomic E-state index is -0.717. The fraction of sp³-hybridized carbons (Fsp3) is 0.265. The van der Waals surface area contributed by atoms with Gasteiger partial charge in [0.1, 0.15) is 5.75 Å². The molecule has 4 aromatic rings. The third-order valence-corrected chi connectivity index (χ3v) is 8.53. The first-order valence-electron chi connectivity index (χ1n) is 14.4. The molecule has 0 radical (unpaired) electrons. The van der Waals surface area contributed by atoms with Crippen molar-refractivity contribution in [1.82, 2.24) is 4.57 Å². The summed E-state index contributed by atoms with van der Waals surface area (Å²) in [6, 6.07) is 24.7. The van der Waals surface area contributed by atoms with Crippen molar-refractivity contribution in [2.24, 2.45) is 4.99 Å². The Hall–Kier alpha value is -4.43. The maximum atomic E-state index is 14.1. The highest BCUT2D eigenvalue weighted by Crippen LogP contribution is 2.35. The van der Waals surface area contributed by atoms with Gasteiger partial charge in [-0.05, 0) is 68.2 Å². The van der Waals surface area contributed by atoms with Crippen LogP contribution in [0.5, 0.6) is 5.75 Å². The minimum absolute atomic E-state index is 0.199. The summed E-state index contributed by atoms with van der Waals surface area (Å²) in [6.45, 7) is 6.61. The lowest BCUT2D eigenvalue weighted by molar-refractivity contribution is -0.138. The number of benzene rings is 3. The van der Waals surface area contributed by atoms with Crippen LogP contribution in [0.2, 0.25) is 0 Å². The quantitative estimate of drug-likeness (QED) is 0.277. The van der Waals surface area contributed by atoms with Crippen molar-refractivity contribution in [3.63, 3.8) is 0 Å². The normalized spacial score (nSPS) is 16.8. The van der Waals surface area contributed by atoms with Crippen molar-refractivity contribution in [1.29, 1.82) is 0 Å². The van der Waals surface area contributed by atoms with E-state index in [4.69, 9.17) is 14.5 Å². The zero-order chi connectivity index (χ0) is 29.1. The monoisotopic (exact) mass is 579 g/mol. The van der Waals surface area contributed by atoms with Gasteiger partial charge in [-0.25, -0.2) is 9.79 Å². The van der Waals surface area contributed by atoms with E-state index in [0.717, 1.165) is 35.5 Å². The molecule has 3 heterocycles. The fourth-order valence-electron chi connectivity index (χ4n) is 5.58. The summed E-state index contributed by atoms with van der Waals surface area (Å²) in [5.41, 5.74) is 4.34. The average molecular weight is 580 g/mol. The summed E-state index contributed by atoms with van der Waals surface area (Å²) in [7, 11) is 0. The molecule has 2 aliphatic rings. The van der Waals surface area contributed by atoms with Crippen LogP contribution < -0.4 is 24.5 Å². The number of ether oxygens (including phenoxy) is 2. The van der Waals surface area contributed by atoms with Crippen LogP contribution in [0.15, 0.2) is 94.2 Å². The second-order valence-electron chi connectivity index (χ2n) is 10.2. The Bertz CT molecular complexity index is 1780. The molecule has 1 fully saturated rings. The average Bonchev–Trinajstić information content (AvgIpc) is 3.66. The maximum Gasteiger partial charge on any atom is 0.338 e. The first-order valence-corrected chi connectivity index (χ1v) is 15.2. The Kier molecular flexibility index (Phi) is 8.06. The number of esters is 1. The summed E-state index contributed by atoms with van der Waals surface area (Å²) < 4.78 is 13.4. The lowest BCUT2D eigenvalue weighted by Crippen LogP contribution is -2.40. The Balaban J connectivity index is 1.53. The van der Waals surface area contributed by atoms with E-state index in [1.807, 2.05) is 67.6 Å². The van der Waals surface area contributed by atoms with Crippen molar-refractivity contribution in [2.45, 2.75) is 32.7 Å². The summed E-state index contributed by atoms with van der Waals surface area (Å²) >= 11 is 1.33. The number of carbonyl (C=O) groups is 1. The van der Waals surface area contributed by atoms with E-state index in [1.165, 1.54) is 29.9 Å². The fourth-order valence-corrected chi connectivity index (χ4v) is 6.58. The first kappa shape index (κ1) is 27.7. The number of thiazole rings is 1. The van der Waals surface area contributed by atoms with Gasteiger partial charge < -0.3 is 14.4 Å². The number of nitrogens with zero attached hydrogens (tertiary/aromatic N) is 3. The number of hydrogen-bond donors (Lipinski definition) is 0. The van der Waals surface area contributed by atoms with Gasteiger partial charge in [-0.15, -0.1) is 0 Å². The topological polar surface area (TPSA) is 73.1 Å². The standard InChI is InChI=1S/C34H33N3O4S/c1-3-40-27-18-14-25(15-19-27)31-29(33(39)41-4-2)30(24-10-6-5-7-11-24)35-34-37(31)32(38)28(42-34)22-23-12-16-26(17-13-23)36-20-8-9-21-36/h5-7,10-19,22,31H,3-4,8-9,20-21H2,1-2H3/b28-22-/t31-/m0/s1. The summed E-state index contributed by atoms with van der Waals surface area (Å²) in [5.74, 6) is 0.224. The third-order valence-electron chi connectivity index (χ3n) is 7.54. The highest BCUT2D eigenvalue weighted by Gasteiger charge is 2.35. The molecule has 0 saturated carbocycles. The molecule has 1 aromatic heterocycles. The Morgan fingerprint density at radius 3 is 2.33 bits per heavy atom. The molecule has 0 amide bonds. The lowest BCUT2D eigenvalue weighted by atomic mass is 9.93. The van der Waals surface area contributed by atoms with Gasteiger partial charge >= 0.3 is 5.97 Å². The van der Waals surface area contributed by atoms with E-state index in [2.05, 4.69) is 29.2 Å². The zero-order valence-corrected chi connectivity index (χ0v) is 24.6. The third kappa shape index (κ3) is 5.42. The van der Waals surface area contributed by atoms with Gasteiger partial charge in [-0.2, -0.15) is 0 Å². The van der Waals surface area contributed by atoms with Gasteiger partial charge in [0.05, 0.1) is 35.1 Å². The molecule has 1 saturated heterocycles. The van der Waals surface area contributed by atoms with E-state index in [1.54, 1.807) is 11.5 Å². The summed E-state index contributed by atoms with van der Waals surface area (Å²) in [4.78, 5) is 35.5. The smallest absolute Gasteiger partial charge is 0.338 e. The molecule has 0 N–H and O–H groups in total. The number of aromatic nitrogens is 1. The van der Waals surface area contributed by atoms with Crippen LogP contribution in [0.3, 0.4) is 0 Å². The van der Waals surface area contributed by atoms with E-state index >= 15 is 0 Å². The molecule has 7 nitrogen and oxygen atoms in total. The van der Waals surface area contributed by atoms with E-state index in [-0.39, 0.29) is 12.2 Å². The Morgan fingerprint density at radius 1 is 0.952 bits per heavy atom. The van der Waals surface area contributed by atoms with Gasteiger partial charge in [0.2, 0.25) is 0 Å². The Labute approximate surface area is 248 Å². The number of carbonyl (C=O) groups excluding carboxylic acids is 1. The molecule has 6 rings (SSSR count). The van der Waals surface area contributed by atoms with Crippen molar-refractivity contribution in [3.05, 3.63) is 121 Å². The summed E-state index contributed by atoms with van der Waals surface area (Å²) in [5, 5.41) is 0. The van der Waals surface area contributed by atoms with E-state index in [9.17, 15) is 9.59 Å². The molecular formula is C34H33N3O4S. The van der Waals surface area contributed by atoms with Gasteiger partial charge in [-0.3, -0.25) is 9.36 Å². The van der Waals surface area contributed by atoms with Crippen molar-refractivity contribution < 1.29 is 14.3 Å². The molecule has 2 aliphatic heterocycles. The first-order chi connectivity index (χ1) is 20.6. The molecule has 0 spiro atoms.